The standard InChI is InChI=1S/C19H27N3O2/c1-13-4-3-5-16(8-13)14(2)10-20-19(24)21-11-15-9-18(23)22(12-15)17-6-7-17/h3-5,8,14-15,17H,6-7,9-12H2,1-2H3,(H2,20,21,24). The maximum absolute atomic E-state index is 12.0. The number of carbonyl (C=O) groups excluding carboxylic acids is 2. The molecule has 3 rings (SSSR count). The van der Waals surface area contributed by atoms with Crippen LogP contribution in [-0.4, -0.2) is 42.5 Å². The second kappa shape index (κ2) is 7.24. The second-order valence-corrected chi connectivity index (χ2v) is 7.25. The minimum Gasteiger partial charge on any atom is -0.339 e. The first-order chi connectivity index (χ1) is 11.5. The molecule has 0 bridgehead atoms. The predicted octanol–water partition coefficient (Wildman–Crippen LogP) is 2.41. The van der Waals surface area contributed by atoms with E-state index in [2.05, 4.69) is 42.7 Å². The van der Waals surface area contributed by atoms with Crippen molar-refractivity contribution in [2.75, 3.05) is 19.6 Å². The minimum absolute atomic E-state index is 0.146. The highest BCUT2D eigenvalue weighted by Gasteiger charge is 2.39. The molecule has 1 aromatic rings. The van der Waals surface area contributed by atoms with E-state index in [9.17, 15) is 9.59 Å². The minimum atomic E-state index is -0.146. The van der Waals surface area contributed by atoms with Crippen LogP contribution in [0.1, 0.15) is 43.2 Å². The molecule has 5 heteroatoms. The van der Waals surface area contributed by atoms with Crippen molar-refractivity contribution >= 4 is 11.9 Å². The van der Waals surface area contributed by atoms with Gasteiger partial charge in [0.2, 0.25) is 5.91 Å². The lowest BCUT2D eigenvalue weighted by molar-refractivity contribution is -0.128. The molecule has 2 fully saturated rings. The van der Waals surface area contributed by atoms with E-state index in [1.54, 1.807) is 0 Å². The molecule has 2 N–H and O–H groups in total. The molecule has 1 aliphatic heterocycles. The first-order valence-corrected chi connectivity index (χ1v) is 8.90. The summed E-state index contributed by atoms with van der Waals surface area (Å²) in [7, 11) is 0. The van der Waals surface area contributed by atoms with Gasteiger partial charge in [-0.1, -0.05) is 36.8 Å². The van der Waals surface area contributed by atoms with Crippen LogP contribution in [0.3, 0.4) is 0 Å². The lowest BCUT2D eigenvalue weighted by atomic mass is 9.99. The molecule has 1 saturated heterocycles. The fourth-order valence-electron chi connectivity index (χ4n) is 3.32. The molecule has 1 aromatic carbocycles. The fraction of sp³-hybridized carbons (Fsp3) is 0.579. The van der Waals surface area contributed by atoms with E-state index in [1.165, 1.54) is 11.1 Å². The van der Waals surface area contributed by atoms with Crippen LogP contribution < -0.4 is 10.6 Å². The van der Waals surface area contributed by atoms with Gasteiger partial charge in [-0.3, -0.25) is 4.79 Å². The number of nitrogens with one attached hydrogen (secondary N) is 2. The van der Waals surface area contributed by atoms with Crippen molar-refractivity contribution in [3.8, 4) is 0 Å². The average Bonchev–Trinajstić information content (AvgIpc) is 3.33. The smallest absolute Gasteiger partial charge is 0.314 e. The maximum Gasteiger partial charge on any atom is 0.314 e. The Morgan fingerprint density at radius 1 is 1.33 bits per heavy atom. The highest BCUT2D eigenvalue weighted by molar-refractivity contribution is 5.79. The number of rotatable bonds is 6. The van der Waals surface area contributed by atoms with Crippen LogP contribution in [-0.2, 0) is 4.79 Å². The van der Waals surface area contributed by atoms with Gasteiger partial charge >= 0.3 is 6.03 Å². The summed E-state index contributed by atoms with van der Waals surface area (Å²) in [6, 6.07) is 8.70. The Morgan fingerprint density at radius 3 is 2.83 bits per heavy atom. The zero-order valence-electron chi connectivity index (χ0n) is 14.5. The third kappa shape index (κ3) is 4.28. The predicted molar refractivity (Wildman–Crippen MR) is 93.8 cm³/mol. The number of carbonyl (C=O) groups is 2. The molecule has 0 aromatic heterocycles. The Labute approximate surface area is 143 Å². The molecule has 2 atom stereocenters. The topological polar surface area (TPSA) is 61.4 Å². The van der Waals surface area contributed by atoms with Gasteiger partial charge in [0.15, 0.2) is 0 Å². The highest BCUT2D eigenvalue weighted by atomic mass is 16.2. The number of aryl methyl sites for hydroxylation is 1. The summed E-state index contributed by atoms with van der Waals surface area (Å²) in [4.78, 5) is 25.9. The van der Waals surface area contributed by atoms with Crippen LogP contribution in [0.15, 0.2) is 24.3 Å². The molecule has 2 unspecified atom stereocenters. The van der Waals surface area contributed by atoms with Gasteiger partial charge in [0.25, 0.3) is 0 Å². The van der Waals surface area contributed by atoms with Crippen LogP contribution >= 0.6 is 0 Å². The van der Waals surface area contributed by atoms with Crippen molar-refractivity contribution in [3.05, 3.63) is 35.4 Å². The molecule has 3 amide bonds. The van der Waals surface area contributed by atoms with Gasteiger partial charge in [0, 0.05) is 38.0 Å². The number of hydrogen-bond acceptors (Lipinski definition) is 2. The molecule has 5 nitrogen and oxygen atoms in total. The van der Waals surface area contributed by atoms with E-state index in [0.717, 1.165) is 19.4 Å². The largest absolute Gasteiger partial charge is 0.339 e. The summed E-state index contributed by atoms with van der Waals surface area (Å²) in [5.74, 6) is 0.768. The second-order valence-electron chi connectivity index (χ2n) is 7.25. The Kier molecular flexibility index (Phi) is 5.07. The monoisotopic (exact) mass is 329 g/mol. The molecule has 0 spiro atoms. The normalized spacial score (nSPS) is 21.7. The Morgan fingerprint density at radius 2 is 2.12 bits per heavy atom. The fourth-order valence-corrected chi connectivity index (χ4v) is 3.32. The van der Waals surface area contributed by atoms with Gasteiger partial charge in [-0.05, 0) is 31.2 Å². The van der Waals surface area contributed by atoms with E-state index in [-0.39, 0.29) is 23.8 Å². The van der Waals surface area contributed by atoms with Gasteiger partial charge in [-0.25, -0.2) is 4.79 Å². The summed E-state index contributed by atoms with van der Waals surface area (Å²) < 4.78 is 0. The lowest BCUT2D eigenvalue weighted by Gasteiger charge is -2.17. The lowest BCUT2D eigenvalue weighted by Crippen LogP contribution is -2.40. The molecule has 1 heterocycles. The van der Waals surface area contributed by atoms with Crippen molar-refractivity contribution < 1.29 is 9.59 Å². The zero-order chi connectivity index (χ0) is 17.1. The van der Waals surface area contributed by atoms with E-state index in [0.29, 0.717) is 25.6 Å². The summed E-state index contributed by atoms with van der Waals surface area (Å²) >= 11 is 0. The molecule has 2 aliphatic rings. The van der Waals surface area contributed by atoms with Crippen LogP contribution in [0.4, 0.5) is 4.79 Å². The quantitative estimate of drug-likeness (QED) is 0.842. The number of nitrogens with zero attached hydrogens (tertiary/aromatic N) is 1. The summed E-state index contributed by atoms with van der Waals surface area (Å²) in [5, 5.41) is 5.85. The molecule has 0 radical (unpaired) electrons. The van der Waals surface area contributed by atoms with E-state index >= 15 is 0 Å². The molecule has 24 heavy (non-hydrogen) atoms. The van der Waals surface area contributed by atoms with Crippen LogP contribution in [0.2, 0.25) is 0 Å². The highest BCUT2D eigenvalue weighted by Crippen LogP contribution is 2.32. The van der Waals surface area contributed by atoms with Crippen molar-refractivity contribution in [1.29, 1.82) is 0 Å². The third-order valence-electron chi connectivity index (χ3n) is 4.96. The zero-order valence-corrected chi connectivity index (χ0v) is 14.5. The van der Waals surface area contributed by atoms with Crippen molar-refractivity contribution in [1.82, 2.24) is 15.5 Å². The van der Waals surface area contributed by atoms with Crippen LogP contribution in [0.5, 0.6) is 0 Å². The molecule has 130 valence electrons. The number of urea groups is 1. The number of hydrogen-bond donors (Lipinski definition) is 2. The number of benzene rings is 1. The first-order valence-electron chi connectivity index (χ1n) is 8.90. The summed E-state index contributed by atoms with van der Waals surface area (Å²) in [6.07, 6.45) is 2.85. The summed E-state index contributed by atoms with van der Waals surface area (Å²) in [5.41, 5.74) is 2.46. The Balaban J connectivity index is 1.37. The number of likely N-dealkylation sites (tertiary alicyclic amines) is 1. The van der Waals surface area contributed by atoms with Crippen LogP contribution in [0, 0.1) is 12.8 Å². The van der Waals surface area contributed by atoms with Gasteiger partial charge in [-0.2, -0.15) is 0 Å². The van der Waals surface area contributed by atoms with Crippen molar-refractivity contribution in [2.24, 2.45) is 5.92 Å². The van der Waals surface area contributed by atoms with Gasteiger partial charge in [0.1, 0.15) is 0 Å². The van der Waals surface area contributed by atoms with Crippen molar-refractivity contribution in [3.63, 3.8) is 0 Å². The number of amides is 3. The van der Waals surface area contributed by atoms with Crippen LogP contribution in [0.25, 0.3) is 0 Å². The average molecular weight is 329 g/mol. The maximum atomic E-state index is 12.0. The summed E-state index contributed by atoms with van der Waals surface area (Å²) in [6.45, 7) is 6.15. The van der Waals surface area contributed by atoms with Gasteiger partial charge in [0.05, 0.1) is 0 Å². The van der Waals surface area contributed by atoms with E-state index < -0.39 is 0 Å². The molecule has 1 aliphatic carbocycles. The SMILES string of the molecule is Cc1cccc(C(C)CNC(=O)NCC2CC(=O)N(C3CC3)C2)c1. The van der Waals surface area contributed by atoms with Gasteiger partial charge < -0.3 is 15.5 Å². The molecule has 1 saturated carbocycles. The Hall–Kier alpha value is -2.04. The van der Waals surface area contributed by atoms with E-state index in [1.807, 2.05) is 11.0 Å². The molecular formula is C19H27N3O2. The molecular weight excluding hydrogens is 302 g/mol. The van der Waals surface area contributed by atoms with Gasteiger partial charge in [-0.15, -0.1) is 0 Å². The Bertz CT molecular complexity index is 612. The van der Waals surface area contributed by atoms with E-state index in [4.69, 9.17) is 0 Å². The van der Waals surface area contributed by atoms with Crippen molar-refractivity contribution in [2.45, 2.75) is 45.1 Å². The first kappa shape index (κ1) is 16.8. The third-order valence-corrected chi connectivity index (χ3v) is 4.96.